The summed E-state index contributed by atoms with van der Waals surface area (Å²) in [4.78, 5) is 11.5. The van der Waals surface area contributed by atoms with Gasteiger partial charge in [0, 0.05) is 19.3 Å². The highest BCUT2D eigenvalue weighted by atomic mass is 35.5. The molecule has 0 aliphatic rings. The van der Waals surface area contributed by atoms with Crippen LogP contribution in [-0.2, 0) is 11.8 Å². The van der Waals surface area contributed by atoms with Crippen molar-refractivity contribution in [2.24, 2.45) is 7.05 Å². The maximum atomic E-state index is 11.5. The van der Waals surface area contributed by atoms with E-state index in [0.29, 0.717) is 12.3 Å². The third-order valence-corrected chi connectivity index (χ3v) is 2.57. The monoisotopic (exact) mass is 244 g/mol. The second-order valence-electron chi connectivity index (χ2n) is 3.74. The van der Waals surface area contributed by atoms with E-state index in [1.807, 2.05) is 14.0 Å². The summed E-state index contributed by atoms with van der Waals surface area (Å²) in [7, 11) is 1.85. The van der Waals surface area contributed by atoms with Gasteiger partial charge in [-0.15, -0.1) is 21.8 Å². The van der Waals surface area contributed by atoms with Crippen molar-refractivity contribution in [2.45, 2.75) is 32.2 Å². The SMILES string of the molecule is CC(NC(=O)CCCCCl)c1nncn1C. The number of halogens is 1. The Hall–Kier alpha value is -1.10. The Balaban J connectivity index is 2.37. The maximum absolute atomic E-state index is 11.5. The highest BCUT2D eigenvalue weighted by Gasteiger charge is 2.13. The smallest absolute Gasteiger partial charge is 0.220 e. The third kappa shape index (κ3) is 3.81. The van der Waals surface area contributed by atoms with Crippen LogP contribution in [0.4, 0.5) is 0 Å². The predicted octanol–water partition coefficient (Wildman–Crippen LogP) is 1.40. The summed E-state index contributed by atoms with van der Waals surface area (Å²) in [6, 6.07) is -0.115. The van der Waals surface area contributed by atoms with Crippen molar-refractivity contribution in [1.82, 2.24) is 20.1 Å². The number of aromatic nitrogens is 3. The molecule has 0 bridgehead atoms. The van der Waals surface area contributed by atoms with Crippen LogP contribution in [0.2, 0.25) is 0 Å². The zero-order valence-corrected chi connectivity index (χ0v) is 10.4. The van der Waals surface area contributed by atoms with Gasteiger partial charge in [-0.25, -0.2) is 0 Å². The fourth-order valence-electron chi connectivity index (χ4n) is 1.44. The molecule has 5 nitrogen and oxygen atoms in total. The normalized spacial score (nSPS) is 12.4. The molecule has 1 aromatic heterocycles. The van der Waals surface area contributed by atoms with Crippen molar-refractivity contribution in [3.63, 3.8) is 0 Å². The Kier molecular flexibility index (Phi) is 5.25. The van der Waals surface area contributed by atoms with E-state index >= 15 is 0 Å². The van der Waals surface area contributed by atoms with Crippen molar-refractivity contribution in [1.29, 1.82) is 0 Å². The van der Waals surface area contributed by atoms with E-state index in [1.165, 1.54) is 0 Å². The minimum Gasteiger partial charge on any atom is -0.346 e. The second kappa shape index (κ2) is 6.48. The number of unbranched alkanes of at least 4 members (excludes halogenated alkanes) is 1. The lowest BCUT2D eigenvalue weighted by molar-refractivity contribution is -0.121. The van der Waals surface area contributed by atoms with E-state index in [4.69, 9.17) is 11.6 Å². The molecule has 1 unspecified atom stereocenters. The molecule has 1 heterocycles. The van der Waals surface area contributed by atoms with Crippen LogP contribution in [-0.4, -0.2) is 26.6 Å². The van der Waals surface area contributed by atoms with Gasteiger partial charge in [-0.2, -0.15) is 0 Å². The quantitative estimate of drug-likeness (QED) is 0.608. The summed E-state index contributed by atoms with van der Waals surface area (Å²) in [6.45, 7) is 1.89. The number of alkyl halides is 1. The maximum Gasteiger partial charge on any atom is 0.220 e. The lowest BCUT2D eigenvalue weighted by atomic mass is 10.2. The van der Waals surface area contributed by atoms with Crippen LogP contribution >= 0.6 is 11.6 Å². The van der Waals surface area contributed by atoms with Crippen molar-refractivity contribution >= 4 is 17.5 Å². The lowest BCUT2D eigenvalue weighted by Gasteiger charge is -2.12. The van der Waals surface area contributed by atoms with Crippen LogP contribution < -0.4 is 5.32 Å². The van der Waals surface area contributed by atoms with Crippen LogP contribution in [0.15, 0.2) is 6.33 Å². The number of amides is 1. The predicted molar refractivity (Wildman–Crippen MR) is 62.1 cm³/mol. The van der Waals surface area contributed by atoms with Gasteiger partial charge in [0.15, 0.2) is 5.82 Å². The molecule has 0 aliphatic carbocycles. The van der Waals surface area contributed by atoms with Gasteiger partial charge in [-0.3, -0.25) is 4.79 Å². The van der Waals surface area contributed by atoms with Gasteiger partial charge >= 0.3 is 0 Å². The van der Waals surface area contributed by atoms with Crippen LogP contribution in [0.1, 0.15) is 38.1 Å². The van der Waals surface area contributed by atoms with E-state index in [2.05, 4.69) is 15.5 Å². The van der Waals surface area contributed by atoms with Gasteiger partial charge in [0.05, 0.1) is 6.04 Å². The Morgan fingerprint density at radius 1 is 1.62 bits per heavy atom. The molecule has 1 aromatic rings. The average molecular weight is 245 g/mol. The van der Waals surface area contributed by atoms with Crippen LogP contribution in [0, 0.1) is 0 Å². The number of nitrogens with zero attached hydrogens (tertiary/aromatic N) is 3. The van der Waals surface area contributed by atoms with Crippen molar-refractivity contribution < 1.29 is 4.79 Å². The molecule has 16 heavy (non-hydrogen) atoms. The molecule has 90 valence electrons. The zero-order chi connectivity index (χ0) is 12.0. The third-order valence-electron chi connectivity index (χ3n) is 2.30. The van der Waals surface area contributed by atoms with E-state index in [-0.39, 0.29) is 11.9 Å². The number of nitrogens with one attached hydrogen (secondary N) is 1. The Morgan fingerprint density at radius 3 is 2.94 bits per heavy atom. The molecule has 1 atom stereocenters. The molecular weight excluding hydrogens is 228 g/mol. The molecule has 0 fully saturated rings. The molecule has 1 rings (SSSR count). The first-order valence-corrected chi connectivity index (χ1v) is 5.87. The van der Waals surface area contributed by atoms with Crippen LogP contribution in [0.25, 0.3) is 0 Å². The topological polar surface area (TPSA) is 59.8 Å². The first kappa shape index (κ1) is 13.0. The van der Waals surface area contributed by atoms with E-state index in [1.54, 1.807) is 10.9 Å². The summed E-state index contributed by atoms with van der Waals surface area (Å²) in [5, 5.41) is 10.6. The van der Waals surface area contributed by atoms with E-state index in [9.17, 15) is 4.79 Å². The van der Waals surface area contributed by atoms with E-state index in [0.717, 1.165) is 18.7 Å². The Morgan fingerprint density at radius 2 is 2.38 bits per heavy atom. The van der Waals surface area contributed by atoms with Crippen LogP contribution in [0.5, 0.6) is 0 Å². The largest absolute Gasteiger partial charge is 0.346 e. The van der Waals surface area contributed by atoms with Crippen molar-refractivity contribution in [3.05, 3.63) is 12.2 Å². The number of carbonyl (C=O) groups is 1. The van der Waals surface area contributed by atoms with Gasteiger partial charge in [0.1, 0.15) is 6.33 Å². The lowest BCUT2D eigenvalue weighted by Crippen LogP contribution is -2.28. The number of rotatable bonds is 6. The fourth-order valence-corrected chi connectivity index (χ4v) is 1.63. The van der Waals surface area contributed by atoms with Gasteiger partial charge in [0.2, 0.25) is 5.91 Å². The Bertz CT molecular complexity index is 339. The summed E-state index contributed by atoms with van der Waals surface area (Å²) in [5.41, 5.74) is 0. The molecular formula is C10H17ClN4O. The highest BCUT2D eigenvalue weighted by Crippen LogP contribution is 2.08. The summed E-state index contributed by atoms with van der Waals surface area (Å²) >= 11 is 5.54. The first-order chi connectivity index (χ1) is 7.65. The van der Waals surface area contributed by atoms with Crippen molar-refractivity contribution in [3.8, 4) is 0 Å². The second-order valence-corrected chi connectivity index (χ2v) is 4.11. The molecule has 0 spiro atoms. The first-order valence-electron chi connectivity index (χ1n) is 5.34. The van der Waals surface area contributed by atoms with Gasteiger partial charge in [-0.05, 0) is 19.8 Å². The van der Waals surface area contributed by atoms with Gasteiger partial charge in [-0.1, -0.05) is 0 Å². The number of hydrogen-bond donors (Lipinski definition) is 1. The summed E-state index contributed by atoms with van der Waals surface area (Å²) < 4.78 is 1.80. The van der Waals surface area contributed by atoms with Crippen LogP contribution in [0.3, 0.4) is 0 Å². The number of carbonyl (C=O) groups excluding carboxylic acids is 1. The highest BCUT2D eigenvalue weighted by molar-refractivity contribution is 6.17. The molecule has 0 radical (unpaired) electrons. The summed E-state index contributed by atoms with van der Waals surface area (Å²) in [6.07, 6.45) is 3.81. The molecule has 1 N–H and O–H groups in total. The summed E-state index contributed by atoms with van der Waals surface area (Å²) in [5.74, 6) is 1.39. The minimum absolute atomic E-state index is 0.0283. The molecule has 1 amide bonds. The molecule has 0 saturated heterocycles. The molecule has 0 aromatic carbocycles. The molecule has 0 saturated carbocycles. The van der Waals surface area contributed by atoms with Gasteiger partial charge < -0.3 is 9.88 Å². The number of aryl methyl sites for hydroxylation is 1. The standard InChI is InChI=1S/C10H17ClN4O/c1-8(10-14-12-7-15(10)2)13-9(16)5-3-4-6-11/h7-8H,3-6H2,1-2H3,(H,13,16). The fraction of sp³-hybridized carbons (Fsp3) is 0.700. The van der Waals surface area contributed by atoms with Gasteiger partial charge in [0.25, 0.3) is 0 Å². The molecule has 6 heteroatoms. The average Bonchev–Trinajstić information content (AvgIpc) is 2.65. The van der Waals surface area contributed by atoms with E-state index < -0.39 is 0 Å². The van der Waals surface area contributed by atoms with Crippen molar-refractivity contribution in [2.75, 3.05) is 5.88 Å². The molecule has 0 aliphatic heterocycles. The minimum atomic E-state index is -0.115. The zero-order valence-electron chi connectivity index (χ0n) is 9.61. The number of hydrogen-bond acceptors (Lipinski definition) is 3. The Labute approximate surface area is 100 Å².